The minimum atomic E-state index is 0.317. The number of rotatable bonds is 8. The maximum Gasteiger partial charge on any atom is 0.0247 e. The third-order valence-corrected chi connectivity index (χ3v) is 4.87. The monoisotopic (exact) mass is 297 g/mol. The van der Waals surface area contributed by atoms with E-state index in [-0.39, 0.29) is 0 Å². The third kappa shape index (κ3) is 5.88. The van der Waals surface area contributed by atoms with E-state index in [4.69, 9.17) is 0 Å². The first-order valence-corrected chi connectivity index (χ1v) is 9.16. The van der Waals surface area contributed by atoms with Gasteiger partial charge in [-0.15, -0.1) is 0 Å². The van der Waals surface area contributed by atoms with Crippen molar-refractivity contribution in [1.29, 1.82) is 0 Å². The zero-order valence-electron chi connectivity index (χ0n) is 15.4. The molecule has 1 fully saturated rings. The van der Waals surface area contributed by atoms with Crippen LogP contribution in [0.2, 0.25) is 0 Å². The molecule has 0 bridgehead atoms. The lowest BCUT2D eigenvalue weighted by molar-refractivity contribution is 0.0306. The van der Waals surface area contributed by atoms with Gasteiger partial charge in [0.05, 0.1) is 0 Å². The van der Waals surface area contributed by atoms with E-state index in [2.05, 4.69) is 56.7 Å². The molecule has 1 heterocycles. The van der Waals surface area contributed by atoms with Gasteiger partial charge in [-0.05, 0) is 46.6 Å². The van der Waals surface area contributed by atoms with E-state index in [1.165, 1.54) is 51.9 Å². The van der Waals surface area contributed by atoms with Crippen molar-refractivity contribution in [2.45, 2.75) is 84.8 Å². The van der Waals surface area contributed by atoms with Crippen LogP contribution in [0.5, 0.6) is 0 Å². The van der Waals surface area contributed by atoms with Gasteiger partial charge >= 0.3 is 0 Å². The molecule has 2 atom stereocenters. The van der Waals surface area contributed by atoms with Crippen molar-refractivity contribution >= 4 is 0 Å². The maximum atomic E-state index is 3.80. The van der Waals surface area contributed by atoms with Crippen LogP contribution in [0.15, 0.2) is 0 Å². The van der Waals surface area contributed by atoms with Crippen LogP contribution < -0.4 is 5.32 Å². The molecule has 1 aliphatic rings. The van der Waals surface area contributed by atoms with E-state index in [1.807, 2.05) is 0 Å². The summed E-state index contributed by atoms with van der Waals surface area (Å²) in [5, 5.41) is 3.80. The average Bonchev–Trinajstić information content (AvgIpc) is 2.45. The van der Waals surface area contributed by atoms with Crippen LogP contribution in [0.25, 0.3) is 0 Å². The number of nitrogens with one attached hydrogen (secondary N) is 1. The van der Waals surface area contributed by atoms with Crippen LogP contribution in [0.3, 0.4) is 0 Å². The Morgan fingerprint density at radius 2 is 1.57 bits per heavy atom. The van der Waals surface area contributed by atoms with Gasteiger partial charge in [-0.1, -0.05) is 27.2 Å². The predicted molar refractivity (Wildman–Crippen MR) is 94.0 cm³/mol. The molecule has 1 rings (SSSR count). The van der Waals surface area contributed by atoms with E-state index < -0.39 is 0 Å². The summed E-state index contributed by atoms with van der Waals surface area (Å²) >= 11 is 0. The van der Waals surface area contributed by atoms with E-state index in [0.29, 0.717) is 17.6 Å². The molecule has 1 aliphatic heterocycles. The van der Waals surface area contributed by atoms with Crippen LogP contribution in [0.1, 0.15) is 67.2 Å². The van der Waals surface area contributed by atoms with Crippen molar-refractivity contribution in [2.24, 2.45) is 0 Å². The summed E-state index contributed by atoms with van der Waals surface area (Å²) in [7, 11) is 0. The van der Waals surface area contributed by atoms with E-state index in [9.17, 15) is 0 Å². The molecule has 0 aromatic carbocycles. The van der Waals surface area contributed by atoms with Crippen molar-refractivity contribution in [3.8, 4) is 0 Å². The quantitative estimate of drug-likeness (QED) is 0.741. The van der Waals surface area contributed by atoms with Gasteiger partial charge < -0.3 is 5.32 Å². The fourth-order valence-corrected chi connectivity index (χ4v) is 3.59. The van der Waals surface area contributed by atoms with Gasteiger partial charge in [0.2, 0.25) is 0 Å². The number of hydrogen-bond donors (Lipinski definition) is 1. The van der Waals surface area contributed by atoms with Crippen LogP contribution in [-0.2, 0) is 0 Å². The van der Waals surface area contributed by atoms with Crippen molar-refractivity contribution in [2.75, 3.05) is 32.7 Å². The minimum absolute atomic E-state index is 0.317. The normalized spacial score (nSPS) is 21.4. The Hall–Kier alpha value is -0.120. The molecule has 1 N–H and O–H groups in total. The van der Waals surface area contributed by atoms with Gasteiger partial charge in [-0.3, -0.25) is 9.80 Å². The fraction of sp³-hybridized carbons (Fsp3) is 1.00. The lowest BCUT2D eigenvalue weighted by Gasteiger charge is -2.46. The molecular formula is C18H39N3. The van der Waals surface area contributed by atoms with E-state index in [0.717, 1.165) is 6.54 Å². The molecule has 21 heavy (non-hydrogen) atoms. The Morgan fingerprint density at radius 1 is 0.952 bits per heavy atom. The van der Waals surface area contributed by atoms with Crippen molar-refractivity contribution < 1.29 is 0 Å². The smallest absolute Gasteiger partial charge is 0.0247 e. The molecule has 2 unspecified atom stereocenters. The summed E-state index contributed by atoms with van der Waals surface area (Å²) in [6.45, 7) is 20.0. The summed E-state index contributed by atoms with van der Waals surface area (Å²) < 4.78 is 0. The Morgan fingerprint density at radius 3 is 2.00 bits per heavy atom. The number of piperazine rings is 1. The molecule has 0 aromatic rings. The van der Waals surface area contributed by atoms with E-state index >= 15 is 0 Å². The lowest BCUT2D eigenvalue weighted by Crippen LogP contribution is -2.59. The molecule has 0 spiro atoms. The first kappa shape index (κ1) is 18.9. The fourth-order valence-electron chi connectivity index (χ4n) is 3.59. The maximum absolute atomic E-state index is 3.80. The molecule has 0 saturated carbocycles. The average molecular weight is 298 g/mol. The van der Waals surface area contributed by atoms with E-state index in [1.54, 1.807) is 0 Å². The van der Waals surface area contributed by atoms with Crippen molar-refractivity contribution in [3.63, 3.8) is 0 Å². The van der Waals surface area contributed by atoms with Crippen molar-refractivity contribution in [1.82, 2.24) is 15.1 Å². The first-order chi connectivity index (χ1) is 9.93. The summed E-state index contributed by atoms with van der Waals surface area (Å²) in [5.74, 6) is 0. The van der Waals surface area contributed by atoms with Crippen LogP contribution >= 0.6 is 0 Å². The minimum Gasteiger partial charge on any atom is -0.312 e. The molecule has 3 nitrogen and oxygen atoms in total. The molecule has 0 aromatic heterocycles. The largest absolute Gasteiger partial charge is 0.312 e. The first-order valence-electron chi connectivity index (χ1n) is 9.16. The zero-order valence-corrected chi connectivity index (χ0v) is 15.4. The molecule has 3 heteroatoms. The van der Waals surface area contributed by atoms with Crippen molar-refractivity contribution in [3.05, 3.63) is 0 Å². The summed E-state index contributed by atoms with van der Waals surface area (Å²) in [4.78, 5) is 5.37. The second kappa shape index (κ2) is 9.12. The van der Waals surface area contributed by atoms with Crippen LogP contribution in [0, 0.1) is 0 Å². The van der Waals surface area contributed by atoms with Gasteiger partial charge in [0.1, 0.15) is 0 Å². The Kier molecular flexibility index (Phi) is 8.22. The van der Waals surface area contributed by atoms with Crippen LogP contribution in [0.4, 0.5) is 0 Å². The van der Waals surface area contributed by atoms with Gasteiger partial charge in [0.25, 0.3) is 0 Å². The van der Waals surface area contributed by atoms with Gasteiger partial charge in [-0.2, -0.15) is 0 Å². The molecule has 0 radical (unpaired) electrons. The highest BCUT2D eigenvalue weighted by Gasteiger charge is 2.31. The van der Waals surface area contributed by atoms with Gasteiger partial charge in [-0.25, -0.2) is 0 Å². The highest BCUT2D eigenvalue weighted by molar-refractivity contribution is 4.89. The zero-order chi connectivity index (χ0) is 15.9. The standard InChI is InChI=1S/C18H39N3/c1-7-10-16(19-11-8-2)17(9-3)20-12-14-21(15-13-20)18(4,5)6/h16-17,19H,7-15H2,1-6H3. The predicted octanol–water partition coefficient (Wildman–Crippen LogP) is 3.35. The Balaban J connectivity index is 2.59. The Labute approximate surface area is 133 Å². The molecule has 126 valence electrons. The highest BCUT2D eigenvalue weighted by atomic mass is 15.3. The summed E-state index contributed by atoms with van der Waals surface area (Å²) in [5.41, 5.74) is 0.317. The Bertz CT molecular complexity index is 264. The van der Waals surface area contributed by atoms with Crippen LogP contribution in [-0.4, -0.2) is 60.1 Å². The second-order valence-electron chi connectivity index (χ2n) is 7.52. The highest BCUT2D eigenvalue weighted by Crippen LogP contribution is 2.20. The molecule has 1 saturated heterocycles. The molecule has 0 amide bonds. The summed E-state index contributed by atoms with van der Waals surface area (Å²) in [6.07, 6.45) is 5.07. The molecular weight excluding hydrogens is 258 g/mol. The van der Waals surface area contributed by atoms with Gasteiger partial charge in [0, 0.05) is 43.8 Å². The second-order valence-corrected chi connectivity index (χ2v) is 7.52. The number of nitrogens with zero attached hydrogens (tertiary/aromatic N) is 2. The summed E-state index contributed by atoms with van der Waals surface area (Å²) in [6, 6.07) is 1.37. The SMILES string of the molecule is CCCNC(CCC)C(CC)N1CCN(C(C)(C)C)CC1. The third-order valence-electron chi connectivity index (χ3n) is 4.87. The topological polar surface area (TPSA) is 18.5 Å². The lowest BCUT2D eigenvalue weighted by atomic mass is 9.97. The van der Waals surface area contributed by atoms with Gasteiger partial charge in [0.15, 0.2) is 0 Å². The molecule has 0 aliphatic carbocycles. The number of hydrogen-bond acceptors (Lipinski definition) is 3.